The molecule has 0 aliphatic carbocycles. The summed E-state index contributed by atoms with van der Waals surface area (Å²) in [5.41, 5.74) is 7.61. The first-order valence-corrected chi connectivity index (χ1v) is 6.97. The standard InChI is InChI=1S/C14H18N2S/c1-3-10(2)9-17-13-7-8-16-14-11(13)5-4-6-12(14)15/h4-8,10H,3,9,15H2,1-2H3. The van der Waals surface area contributed by atoms with Crippen molar-refractivity contribution < 1.29 is 0 Å². The first-order chi connectivity index (χ1) is 8.22. The summed E-state index contributed by atoms with van der Waals surface area (Å²) in [6.45, 7) is 4.51. The number of fused-ring (bicyclic) bond motifs is 1. The lowest BCUT2D eigenvalue weighted by Crippen LogP contribution is -1.96. The maximum absolute atomic E-state index is 5.94. The van der Waals surface area contributed by atoms with Gasteiger partial charge in [-0.15, -0.1) is 11.8 Å². The molecule has 0 aliphatic heterocycles. The number of hydrogen-bond acceptors (Lipinski definition) is 3. The number of anilines is 1. The molecule has 2 N–H and O–H groups in total. The fraction of sp³-hybridized carbons (Fsp3) is 0.357. The Morgan fingerprint density at radius 1 is 1.35 bits per heavy atom. The Labute approximate surface area is 107 Å². The summed E-state index contributed by atoms with van der Waals surface area (Å²) in [6.07, 6.45) is 3.07. The number of para-hydroxylation sites is 1. The molecule has 2 nitrogen and oxygen atoms in total. The second-order valence-electron chi connectivity index (χ2n) is 4.38. The van der Waals surface area contributed by atoms with E-state index >= 15 is 0 Å². The predicted molar refractivity (Wildman–Crippen MR) is 76.3 cm³/mol. The highest BCUT2D eigenvalue weighted by Gasteiger charge is 2.06. The molecule has 17 heavy (non-hydrogen) atoms. The van der Waals surface area contributed by atoms with Gasteiger partial charge in [-0.05, 0) is 18.1 Å². The van der Waals surface area contributed by atoms with Crippen LogP contribution in [0.3, 0.4) is 0 Å². The second-order valence-corrected chi connectivity index (χ2v) is 5.44. The van der Waals surface area contributed by atoms with Gasteiger partial charge in [0.15, 0.2) is 0 Å². The fourth-order valence-electron chi connectivity index (χ4n) is 1.65. The zero-order chi connectivity index (χ0) is 12.3. The van der Waals surface area contributed by atoms with Crippen LogP contribution in [0.25, 0.3) is 10.9 Å². The molecule has 90 valence electrons. The molecule has 0 amide bonds. The van der Waals surface area contributed by atoms with E-state index in [1.807, 2.05) is 30.1 Å². The lowest BCUT2D eigenvalue weighted by atomic mass is 10.2. The number of nitrogen functional groups attached to an aromatic ring is 1. The molecule has 1 unspecified atom stereocenters. The third-order valence-corrected chi connectivity index (χ3v) is 4.39. The predicted octanol–water partition coefficient (Wildman–Crippen LogP) is 3.96. The minimum Gasteiger partial charge on any atom is -0.397 e. The fourth-order valence-corrected chi connectivity index (χ4v) is 2.83. The number of nitrogens with two attached hydrogens (primary N) is 1. The minimum absolute atomic E-state index is 0.740. The largest absolute Gasteiger partial charge is 0.397 e. The van der Waals surface area contributed by atoms with Gasteiger partial charge in [0.25, 0.3) is 0 Å². The van der Waals surface area contributed by atoms with E-state index in [-0.39, 0.29) is 0 Å². The first kappa shape index (κ1) is 12.2. The van der Waals surface area contributed by atoms with Gasteiger partial charge in [0.1, 0.15) is 0 Å². The Morgan fingerprint density at radius 3 is 2.94 bits per heavy atom. The molecule has 1 heterocycles. The monoisotopic (exact) mass is 246 g/mol. The third kappa shape index (κ3) is 2.72. The lowest BCUT2D eigenvalue weighted by Gasteiger charge is -2.10. The van der Waals surface area contributed by atoms with Gasteiger partial charge in [-0.25, -0.2) is 0 Å². The Morgan fingerprint density at radius 2 is 2.18 bits per heavy atom. The topological polar surface area (TPSA) is 38.9 Å². The van der Waals surface area contributed by atoms with Gasteiger partial charge in [-0.3, -0.25) is 4.98 Å². The van der Waals surface area contributed by atoms with Gasteiger partial charge in [-0.1, -0.05) is 32.4 Å². The summed E-state index contributed by atoms with van der Waals surface area (Å²) < 4.78 is 0. The zero-order valence-electron chi connectivity index (χ0n) is 10.3. The molecular formula is C14H18N2S. The molecule has 0 aliphatic rings. The average Bonchev–Trinajstić information content (AvgIpc) is 2.36. The average molecular weight is 246 g/mol. The third-order valence-electron chi connectivity index (χ3n) is 2.98. The lowest BCUT2D eigenvalue weighted by molar-refractivity contribution is 0.637. The maximum Gasteiger partial charge on any atom is 0.0942 e. The van der Waals surface area contributed by atoms with Gasteiger partial charge in [0.05, 0.1) is 11.2 Å². The molecule has 0 bridgehead atoms. The summed E-state index contributed by atoms with van der Waals surface area (Å²) in [6, 6.07) is 8.07. The van der Waals surface area contributed by atoms with Crippen molar-refractivity contribution in [1.82, 2.24) is 4.98 Å². The number of rotatable bonds is 4. The summed E-state index contributed by atoms with van der Waals surface area (Å²) in [5, 5.41) is 1.17. The van der Waals surface area contributed by atoms with E-state index in [0.717, 1.165) is 22.9 Å². The highest BCUT2D eigenvalue weighted by Crippen LogP contribution is 2.30. The minimum atomic E-state index is 0.740. The summed E-state index contributed by atoms with van der Waals surface area (Å²) in [4.78, 5) is 5.63. The Balaban J connectivity index is 2.31. The molecule has 2 aromatic rings. The van der Waals surface area contributed by atoms with E-state index in [4.69, 9.17) is 5.73 Å². The van der Waals surface area contributed by atoms with Crippen LogP contribution in [0.2, 0.25) is 0 Å². The highest BCUT2D eigenvalue weighted by atomic mass is 32.2. The number of hydrogen-bond donors (Lipinski definition) is 1. The van der Waals surface area contributed by atoms with Gasteiger partial charge in [-0.2, -0.15) is 0 Å². The van der Waals surface area contributed by atoms with Crippen molar-refractivity contribution >= 4 is 28.4 Å². The van der Waals surface area contributed by atoms with Gasteiger partial charge >= 0.3 is 0 Å². The molecule has 3 heteroatoms. The van der Waals surface area contributed by atoms with Crippen LogP contribution in [0.1, 0.15) is 20.3 Å². The molecule has 1 atom stereocenters. The smallest absolute Gasteiger partial charge is 0.0942 e. The van der Waals surface area contributed by atoms with E-state index in [0.29, 0.717) is 0 Å². The second kappa shape index (κ2) is 5.41. The van der Waals surface area contributed by atoms with Crippen LogP contribution in [0.15, 0.2) is 35.4 Å². The molecule has 2 rings (SSSR count). The van der Waals surface area contributed by atoms with Crippen molar-refractivity contribution in [2.75, 3.05) is 11.5 Å². The van der Waals surface area contributed by atoms with Crippen LogP contribution < -0.4 is 5.73 Å². The van der Waals surface area contributed by atoms with Crippen molar-refractivity contribution in [3.8, 4) is 0 Å². The van der Waals surface area contributed by atoms with E-state index in [2.05, 4.69) is 31.0 Å². The van der Waals surface area contributed by atoms with Crippen molar-refractivity contribution in [3.05, 3.63) is 30.5 Å². The summed E-state index contributed by atoms with van der Waals surface area (Å²) in [7, 11) is 0. The highest BCUT2D eigenvalue weighted by molar-refractivity contribution is 7.99. The van der Waals surface area contributed by atoms with Crippen LogP contribution in [0, 0.1) is 5.92 Å². The Hall–Kier alpha value is -1.22. The van der Waals surface area contributed by atoms with Crippen molar-refractivity contribution in [2.24, 2.45) is 5.92 Å². The van der Waals surface area contributed by atoms with Gasteiger partial charge in [0.2, 0.25) is 0 Å². The van der Waals surface area contributed by atoms with Crippen molar-refractivity contribution in [2.45, 2.75) is 25.2 Å². The normalized spacial score (nSPS) is 12.8. The zero-order valence-corrected chi connectivity index (χ0v) is 11.1. The maximum atomic E-state index is 5.94. The van der Waals surface area contributed by atoms with Crippen LogP contribution in [0.4, 0.5) is 5.69 Å². The SMILES string of the molecule is CCC(C)CSc1ccnc2c(N)cccc12. The van der Waals surface area contributed by atoms with Crippen LogP contribution in [-0.4, -0.2) is 10.7 Å². The molecule has 0 spiro atoms. The number of pyridine rings is 1. The molecule has 0 saturated carbocycles. The number of benzene rings is 1. The molecule has 0 saturated heterocycles. The molecular weight excluding hydrogens is 228 g/mol. The van der Waals surface area contributed by atoms with Crippen LogP contribution >= 0.6 is 11.8 Å². The number of nitrogens with zero attached hydrogens (tertiary/aromatic N) is 1. The van der Waals surface area contributed by atoms with E-state index in [9.17, 15) is 0 Å². The Bertz CT molecular complexity index is 511. The van der Waals surface area contributed by atoms with Gasteiger partial charge in [0, 0.05) is 22.2 Å². The van der Waals surface area contributed by atoms with Crippen LogP contribution in [-0.2, 0) is 0 Å². The molecule has 0 radical (unpaired) electrons. The Kier molecular flexibility index (Phi) is 3.89. The number of aromatic nitrogens is 1. The first-order valence-electron chi connectivity index (χ1n) is 5.98. The van der Waals surface area contributed by atoms with E-state index in [1.165, 1.54) is 16.7 Å². The quantitative estimate of drug-likeness (QED) is 0.655. The summed E-state index contributed by atoms with van der Waals surface area (Å²) >= 11 is 1.90. The molecule has 1 aromatic carbocycles. The molecule has 0 fully saturated rings. The van der Waals surface area contributed by atoms with Crippen molar-refractivity contribution in [1.29, 1.82) is 0 Å². The summed E-state index contributed by atoms with van der Waals surface area (Å²) in [5.74, 6) is 1.88. The molecule has 1 aromatic heterocycles. The van der Waals surface area contributed by atoms with E-state index in [1.54, 1.807) is 0 Å². The van der Waals surface area contributed by atoms with E-state index < -0.39 is 0 Å². The van der Waals surface area contributed by atoms with Crippen molar-refractivity contribution in [3.63, 3.8) is 0 Å². The van der Waals surface area contributed by atoms with Gasteiger partial charge < -0.3 is 5.73 Å². The number of thioether (sulfide) groups is 1. The van der Waals surface area contributed by atoms with Crippen LogP contribution in [0.5, 0.6) is 0 Å².